The molecule has 0 aliphatic carbocycles. The molecule has 0 aliphatic heterocycles. The first-order chi connectivity index (χ1) is 13.3. The highest BCUT2D eigenvalue weighted by Crippen LogP contribution is 2.13. The SMILES string of the molecule is CC(C)CCOc1ccc(C(=O)NNC(=S)NC(=O)c2cccc(Cl)c2)cc1. The minimum absolute atomic E-state index is 0.0352. The molecule has 0 saturated carbocycles. The van der Waals surface area contributed by atoms with Crippen molar-refractivity contribution in [2.24, 2.45) is 5.92 Å². The Morgan fingerprint density at radius 2 is 1.75 bits per heavy atom. The summed E-state index contributed by atoms with van der Waals surface area (Å²) in [6.45, 7) is 4.89. The third-order valence-electron chi connectivity index (χ3n) is 3.68. The van der Waals surface area contributed by atoms with E-state index in [1.807, 2.05) is 0 Å². The van der Waals surface area contributed by atoms with Crippen molar-refractivity contribution in [1.82, 2.24) is 16.2 Å². The van der Waals surface area contributed by atoms with Gasteiger partial charge in [-0.1, -0.05) is 31.5 Å². The molecule has 28 heavy (non-hydrogen) atoms. The summed E-state index contributed by atoms with van der Waals surface area (Å²) in [5.74, 6) is 0.444. The summed E-state index contributed by atoms with van der Waals surface area (Å²) in [5.41, 5.74) is 5.71. The van der Waals surface area contributed by atoms with Gasteiger partial charge < -0.3 is 4.74 Å². The van der Waals surface area contributed by atoms with Gasteiger partial charge in [-0.05, 0) is 67.0 Å². The van der Waals surface area contributed by atoms with Crippen molar-refractivity contribution >= 4 is 40.7 Å². The van der Waals surface area contributed by atoms with E-state index in [9.17, 15) is 9.59 Å². The Labute approximate surface area is 174 Å². The summed E-state index contributed by atoms with van der Waals surface area (Å²) < 4.78 is 5.62. The Kier molecular flexibility index (Phi) is 8.22. The zero-order valence-electron chi connectivity index (χ0n) is 15.6. The zero-order chi connectivity index (χ0) is 20.5. The van der Waals surface area contributed by atoms with Gasteiger partial charge >= 0.3 is 0 Å². The maximum Gasteiger partial charge on any atom is 0.269 e. The van der Waals surface area contributed by atoms with E-state index in [2.05, 4.69) is 30.0 Å². The van der Waals surface area contributed by atoms with E-state index >= 15 is 0 Å². The molecular weight excluding hydrogens is 398 g/mol. The lowest BCUT2D eigenvalue weighted by molar-refractivity contribution is 0.0934. The summed E-state index contributed by atoms with van der Waals surface area (Å²) in [5, 5.41) is 2.87. The number of halogens is 1. The molecule has 2 aromatic carbocycles. The third-order valence-corrected chi connectivity index (χ3v) is 4.12. The van der Waals surface area contributed by atoms with Crippen molar-refractivity contribution in [3.63, 3.8) is 0 Å². The number of hydrazine groups is 1. The van der Waals surface area contributed by atoms with E-state index in [1.54, 1.807) is 42.5 Å². The van der Waals surface area contributed by atoms with Crippen LogP contribution in [0.3, 0.4) is 0 Å². The van der Waals surface area contributed by atoms with E-state index in [0.29, 0.717) is 34.4 Å². The number of carbonyl (C=O) groups is 2. The summed E-state index contributed by atoms with van der Waals surface area (Å²) in [6, 6.07) is 13.2. The molecular formula is C20H22ClN3O3S. The maximum atomic E-state index is 12.2. The molecule has 0 saturated heterocycles. The van der Waals surface area contributed by atoms with Crippen molar-refractivity contribution < 1.29 is 14.3 Å². The lowest BCUT2D eigenvalue weighted by atomic mass is 10.1. The van der Waals surface area contributed by atoms with E-state index in [-0.39, 0.29) is 5.11 Å². The maximum absolute atomic E-state index is 12.2. The average Bonchev–Trinajstić information content (AvgIpc) is 2.66. The normalized spacial score (nSPS) is 10.3. The van der Waals surface area contributed by atoms with Crippen LogP contribution in [0.5, 0.6) is 5.75 Å². The van der Waals surface area contributed by atoms with Crippen molar-refractivity contribution in [2.45, 2.75) is 20.3 Å². The number of benzene rings is 2. The number of nitrogens with one attached hydrogen (secondary N) is 3. The van der Waals surface area contributed by atoms with Crippen LogP contribution in [0, 0.1) is 5.92 Å². The van der Waals surface area contributed by atoms with E-state index in [4.69, 9.17) is 28.6 Å². The third kappa shape index (κ3) is 7.17. The molecule has 0 fully saturated rings. The summed E-state index contributed by atoms with van der Waals surface area (Å²) in [4.78, 5) is 24.2. The van der Waals surface area contributed by atoms with Crippen LogP contribution in [-0.2, 0) is 0 Å². The van der Waals surface area contributed by atoms with Crippen molar-refractivity contribution in [2.75, 3.05) is 6.61 Å². The summed E-state index contributed by atoms with van der Waals surface area (Å²) in [7, 11) is 0. The predicted octanol–water partition coefficient (Wildman–Crippen LogP) is 3.71. The fraction of sp³-hybridized carbons (Fsp3) is 0.250. The zero-order valence-corrected chi connectivity index (χ0v) is 17.2. The van der Waals surface area contributed by atoms with Crippen LogP contribution in [0.25, 0.3) is 0 Å². The van der Waals surface area contributed by atoms with Crippen LogP contribution in [0.2, 0.25) is 5.02 Å². The van der Waals surface area contributed by atoms with Crippen LogP contribution in [0.15, 0.2) is 48.5 Å². The van der Waals surface area contributed by atoms with Crippen LogP contribution in [0.1, 0.15) is 41.0 Å². The molecule has 0 unspecified atom stereocenters. The van der Waals surface area contributed by atoms with Crippen molar-refractivity contribution in [1.29, 1.82) is 0 Å². The Bertz CT molecular complexity index is 841. The molecule has 2 aromatic rings. The topological polar surface area (TPSA) is 79.5 Å². The van der Waals surface area contributed by atoms with Crippen LogP contribution < -0.4 is 20.9 Å². The number of hydrogen-bond acceptors (Lipinski definition) is 4. The Hall–Kier alpha value is -2.64. The van der Waals surface area contributed by atoms with Gasteiger partial charge in [-0.25, -0.2) is 0 Å². The van der Waals surface area contributed by atoms with Gasteiger partial charge in [0.15, 0.2) is 5.11 Å². The van der Waals surface area contributed by atoms with Gasteiger partial charge in [-0.2, -0.15) is 0 Å². The van der Waals surface area contributed by atoms with Gasteiger partial charge in [-0.15, -0.1) is 0 Å². The largest absolute Gasteiger partial charge is 0.494 e. The predicted molar refractivity (Wildman–Crippen MR) is 114 cm³/mol. The molecule has 0 aromatic heterocycles. The monoisotopic (exact) mass is 419 g/mol. The number of carbonyl (C=O) groups excluding carboxylic acids is 2. The highest BCUT2D eigenvalue weighted by Gasteiger charge is 2.10. The second-order valence-electron chi connectivity index (χ2n) is 6.43. The quantitative estimate of drug-likeness (QED) is 0.491. The average molecular weight is 420 g/mol. The van der Waals surface area contributed by atoms with Gasteiger partial charge in [-0.3, -0.25) is 25.8 Å². The van der Waals surface area contributed by atoms with Crippen LogP contribution in [-0.4, -0.2) is 23.5 Å². The highest BCUT2D eigenvalue weighted by molar-refractivity contribution is 7.80. The molecule has 148 valence electrons. The standard InChI is InChI=1S/C20H22ClN3O3S/c1-13(2)10-11-27-17-8-6-14(7-9-17)19(26)23-24-20(28)22-18(25)15-4-3-5-16(21)12-15/h3-9,12-13H,10-11H2,1-2H3,(H,23,26)(H2,22,24,25,28). The van der Waals surface area contributed by atoms with Crippen molar-refractivity contribution in [3.05, 3.63) is 64.7 Å². The highest BCUT2D eigenvalue weighted by atomic mass is 35.5. The van der Waals surface area contributed by atoms with Crippen LogP contribution >= 0.6 is 23.8 Å². The smallest absolute Gasteiger partial charge is 0.269 e. The first kappa shape index (κ1) is 21.7. The lowest BCUT2D eigenvalue weighted by Crippen LogP contribution is -2.48. The molecule has 2 amide bonds. The first-order valence-electron chi connectivity index (χ1n) is 8.75. The molecule has 8 heteroatoms. The van der Waals surface area contributed by atoms with Crippen molar-refractivity contribution in [3.8, 4) is 5.75 Å². The number of thiocarbonyl (C=S) groups is 1. The molecule has 3 N–H and O–H groups in total. The molecule has 0 atom stereocenters. The minimum atomic E-state index is -0.433. The Morgan fingerprint density at radius 1 is 1.04 bits per heavy atom. The van der Waals surface area contributed by atoms with Gasteiger partial charge in [0.2, 0.25) is 0 Å². The van der Waals surface area contributed by atoms with E-state index in [0.717, 1.165) is 6.42 Å². The number of ether oxygens (including phenoxy) is 1. The fourth-order valence-electron chi connectivity index (χ4n) is 2.14. The summed E-state index contributed by atoms with van der Waals surface area (Å²) in [6.07, 6.45) is 0.963. The van der Waals surface area contributed by atoms with E-state index < -0.39 is 11.8 Å². The second kappa shape index (κ2) is 10.6. The molecule has 0 radical (unpaired) electrons. The van der Waals surface area contributed by atoms with Gasteiger partial charge in [0.05, 0.1) is 6.61 Å². The number of amides is 2. The van der Waals surface area contributed by atoms with Gasteiger partial charge in [0.25, 0.3) is 11.8 Å². The molecule has 0 heterocycles. The van der Waals surface area contributed by atoms with Gasteiger partial charge in [0, 0.05) is 16.1 Å². The number of hydrogen-bond donors (Lipinski definition) is 3. The fourth-order valence-corrected chi connectivity index (χ4v) is 2.47. The van der Waals surface area contributed by atoms with Gasteiger partial charge in [0.1, 0.15) is 5.75 Å². The number of rotatable bonds is 6. The first-order valence-corrected chi connectivity index (χ1v) is 9.54. The molecule has 0 spiro atoms. The lowest BCUT2D eigenvalue weighted by Gasteiger charge is -2.11. The van der Waals surface area contributed by atoms with Crippen LogP contribution in [0.4, 0.5) is 0 Å². The second-order valence-corrected chi connectivity index (χ2v) is 7.27. The minimum Gasteiger partial charge on any atom is -0.494 e. The molecule has 6 nitrogen and oxygen atoms in total. The molecule has 0 bridgehead atoms. The Morgan fingerprint density at radius 3 is 2.39 bits per heavy atom. The summed E-state index contributed by atoms with van der Waals surface area (Å²) >= 11 is 10.9. The molecule has 2 rings (SSSR count). The Balaban J connectivity index is 1.79. The molecule has 0 aliphatic rings. The van der Waals surface area contributed by atoms with E-state index in [1.165, 1.54) is 6.07 Å².